The monoisotopic (exact) mass is 562 g/mol. The van der Waals surface area contributed by atoms with Gasteiger partial charge in [-0.15, -0.1) is 11.3 Å². The van der Waals surface area contributed by atoms with Crippen LogP contribution >= 0.6 is 27.3 Å². The first-order valence-corrected chi connectivity index (χ1v) is 13.8. The lowest BCUT2D eigenvalue weighted by Gasteiger charge is -2.27. The number of benzene rings is 3. The second kappa shape index (κ2) is 9.69. The highest BCUT2D eigenvalue weighted by Crippen LogP contribution is 2.45. The summed E-state index contributed by atoms with van der Waals surface area (Å²) in [7, 11) is 0. The normalized spacial score (nSPS) is 14.1. The Morgan fingerprint density at radius 3 is 2.64 bits per heavy atom. The number of nitrogens with zero attached hydrogens (tertiary/aromatic N) is 1. The second-order valence-electron chi connectivity index (χ2n) is 8.68. The van der Waals surface area contributed by atoms with Crippen LogP contribution in [0.15, 0.2) is 69.9 Å². The van der Waals surface area contributed by atoms with Crippen LogP contribution in [-0.4, -0.2) is 37.5 Å². The molecular weight excluding hydrogens is 540 g/mol. The summed E-state index contributed by atoms with van der Waals surface area (Å²) in [4.78, 5) is 27.6. The Kier molecular flexibility index (Phi) is 6.25. The van der Waals surface area contributed by atoms with Crippen LogP contribution in [0.2, 0.25) is 0 Å². The van der Waals surface area contributed by atoms with Gasteiger partial charge in [0, 0.05) is 62.2 Å². The lowest BCUT2D eigenvalue weighted by Crippen LogP contribution is -2.36. The first-order valence-electron chi connectivity index (χ1n) is 11.8. The smallest absolute Gasteiger partial charge is 0.225 e. The van der Waals surface area contributed by atoms with Crippen molar-refractivity contribution in [2.75, 3.05) is 41.9 Å². The number of fused-ring (bicyclic) bond motifs is 4. The summed E-state index contributed by atoms with van der Waals surface area (Å²) in [6.07, 6.45) is 0.393. The molecule has 3 heterocycles. The third kappa shape index (κ3) is 4.09. The summed E-state index contributed by atoms with van der Waals surface area (Å²) in [5.74, 6) is 0.525. The van der Waals surface area contributed by atoms with E-state index in [9.17, 15) is 9.59 Å². The molecule has 0 saturated carbocycles. The average Bonchev–Trinajstić information content (AvgIpc) is 3.29. The van der Waals surface area contributed by atoms with E-state index in [2.05, 4.69) is 38.3 Å². The first-order chi connectivity index (χ1) is 17.6. The number of carbonyl (C=O) groups is 1. The molecule has 182 valence electrons. The van der Waals surface area contributed by atoms with Crippen molar-refractivity contribution in [3.63, 3.8) is 0 Å². The molecule has 6 nitrogen and oxygen atoms in total. The van der Waals surface area contributed by atoms with Crippen LogP contribution in [-0.2, 0) is 9.53 Å². The molecule has 0 unspecified atom stereocenters. The highest BCUT2D eigenvalue weighted by Gasteiger charge is 2.20. The molecule has 0 radical (unpaired) electrons. The number of thiophene rings is 1. The topological polar surface area (TPSA) is 71.8 Å². The molecule has 1 fully saturated rings. The standard InChI is InChI=1S/C28H23BrN2O4S/c29-11-10-24(33)30-21-9-8-18(28-26(21)20-4-1-2-7-23(20)36-28)17-5-3-6-19-22(32)16-25(35-27(17)19)31-12-14-34-15-13-31/h1-9,16H,10-15H2,(H,30,33). The van der Waals surface area contributed by atoms with E-state index in [1.807, 2.05) is 42.5 Å². The van der Waals surface area contributed by atoms with Crippen LogP contribution in [0.5, 0.6) is 0 Å². The minimum absolute atomic E-state index is 0.0393. The maximum atomic E-state index is 13.1. The summed E-state index contributed by atoms with van der Waals surface area (Å²) < 4.78 is 14.1. The maximum absolute atomic E-state index is 13.1. The number of ether oxygens (including phenoxy) is 1. The van der Waals surface area contributed by atoms with Crippen LogP contribution in [0, 0.1) is 0 Å². The lowest BCUT2D eigenvalue weighted by atomic mass is 9.99. The van der Waals surface area contributed by atoms with Gasteiger partial charge in [0.25, 0.3) is 0 Å². The van der Waals surface area contributed by atoms with Crippen molar-refractivity contribution in [3.05, 3.63) is 70.9 Å². The van der Waals surface area contributed by atoms with E-state index in [1.54, 1.807) is 17.4 Å². The third-order valence-electron chi connectivity index (χ3n) is 6.48. The van der Waals surface area contributed by atoms with Crippen molar-refractivity contribution in [1.29, 1.82) is 0 Å². The zero-order valence-corrected chi connectivity index (χ0v) is 21.8. The number of morpholine rings is 1. The molecule has 3 aromatic carbocycles. The molecule has 1 N–H and O–H groups in total. The van der Waals surface area contributed by atoms with Crippen molar-refractivity contribution in [2.45, 2.75) is 6.42 Å². The van der Waals surface area contributed by atoms with E-state index in [4.69, 9.17) is 9.15 Å². The van der Waals surface area contributed by atoms with Gasteiger partial charge >= 0.3 is 0 Å². The number of hydrogen-bond donors (Lipinski definition) is 1. The minimum Gasteiger partial charge on any atom is -0.440 e. The van der Waals surface area contributed by atoms with E-state index < -0.39 is 0 Å². The zero-order valence-electron chi connectivity index (χ0n) is 19.4. The molecule has 5 aromatic rings. The van der Waals surface area contributed by atoms with E-state index in [-0.39, 0.29) is 11.3 Å². The number of amides is 1. The van der Waals surface area contributed by atoms with Gasteiger partial charge in [0.15, 0.2) is 11.3 Å². The van der Waals surface area contributed by atoms with Gasteiger partial charge in [-0.3, -0.25) is 9.59 Å². The largest absolute Gasteiger partial charge is 0.440 e. The molecule has 1 amide bonds. The molecule has 0 atom stereocenters. The molecule has 1 aliphatic rings. The predicted molar refractivity (Wildman–Crippen MR) is 151 cm³/mol. The predicted octanol–water partition coefficient (Wildman–Crippen LogP) is 6.39. The highest BCUT2D eigenvalue weighted by atomic mass is 79.9. The van der Waals surface area contributed by atoms with Gasteiger partial charge in [-0.05, 0) is 18.2 Å². The summed E-state index contributed by atoms with van der Waals surface area (Å²) in [6, 6.07) is 19.4. The molecule has 8 heteroatoms. The molecule has 1 saturated heterocycles. The van der Waals surface area contributed by atoms with Crippen LogP contribution in [0.4, 0.5) is 11.6 Å². The number of hydrogen-bond acceptors (Lipinski definition) is 6. The highest BCUT2D eigenvalue weighted by molar-refractivity contribution is 9.09. The van der Waals surface area contributed by atoms with Crippen molar-refractivity contribution >= 4 is 75.9 Å². The average molecular weight is 563 g/mol. The Balaban J connectivity index is 1.59. The minimum atomic E-state index is -0.0640. The Hall–Kier alpha value is -3.20. The number of halogens is 1. The second-order valence-corrected chi connectivity index (χ2v) is 10.5. The quantitative estimate of drug-likeness (QED) is 0.251. The zero-order chi connectivity index (χ0) is 24.6. The fraction of sp³-hybridized carbons (Fsp3) is 0.214. The van der Waals surface area contributed by atoms with Crippen molar-refractivity contribution in [1.82, 2.24) is 0 Å². The van der Waals surface area contributed by atoms with Crippen molar-refractivity contribution in [3.8, 4) is 11.1 Å². The number of nitrogens with one attached hydrogen (secondary N) is 1. The van der Waals surface area contributed by atoms with E-state index in [0.717, 1.165) is 37.0 Å². The number of alkyl halides is 1. The Morgan fingerprint density at radius 2 is 1.81 bits per heavy atom. The van der Waals surface area contributed by atoms with Gasteiger partial charge < -0.3 is 19.4 Å². The van der Waals surface area contributed by atoms with Crippen molar-refractivity contribution in [2.24, 2.45) is 0 Å². The van der Waals surface area contributed by atoms with E-state index in [1.165, 1.54) is 0 Å². The molecular formula is C28H23BrN2O4S. The van der Waals surface area contributed by atoms with Gasteiger partial charge in [0.05, 0.1) is 24.3 Å². The number of para-hydroxylation sites is 1. The van der Waals surface area contributed by atoms with Gasteiger partial charge in [-0.25, -0.2) is 0 Å². The summed E-state index contributed by atoms with van der Waals surface area (Å²) in [6.45, 7) is 2.57. The van der Waals surface area contributed by atoms with Crippen LogP contribution < -0.4 is 15.6 Å². The molecule has 0 aliphatic carbocycles. The van der Waals surface area contributed by atoms with Gasteiger partial charge in [0.1, 0.15) is 5.58 Å². The molecule has 0 bridgehead atoms. The molecule has 6 rings (SSSR count). The number of carbonyl (C=O) groups excluding carboxylic acids is 1. The van der Waals surface area contributed by atoms with E-state index >= 15 is 0 Å². The lowest BCUT2D eigenvalue weighted by molar-refractivity contribution is -0.115. The third-order valence-corrected chi connectivity index (χ3v) is 8.08. The summed E-state index contributed by atoms with van der Waals surface area (Å²) in [5.41, 5.74) is 3.12. The Bertz CT molecular complexity index is 1670. The molecule has 36 heavy (non-hydrogen) atoms. The first kappa shape index (κ1) is 23.2. The Morgan fingerprint density at radius 1 is 1.00 bits per heavy atom. The summed E-state index contributed by atoms with van der Waals surface area (Å²) >= 11 is 5.02. The van der Waals surface area contributed by atoms with Crippen LogP contribution in [0.3, 0.4) is 0 Å². The number of rotatable bonds is 5. The molecule has 0 spiro atoms. The summed E-state index contributed by atoms with van der Waals surface area (Å²) in [5, 5.41) is 6.33. The van der Waals surface area contributed by atoms with Gasteiger partial charge in [0.2, 0.25) is 5.91 Å². The van der Waals surface area contributed by atoms with Crippen molar-refractivity contribution < 1.29 is 13.9 Å². The van der Waals surface area contributed by atoms with Crippen LogP contribution in [0.1, 0.15) is 6.42 Å². The number of anilines is 2. The maximum Gasteiger partial charge on any atom is 0.225 e. The Labute approximate surface area is 219 Å². The van der Waals surface area contributed by atoms with E-state index in [0.29, 0.717) is 54.9 Å². The fourth-order valence-corrected chi connectivity index (χ4v) is 6.38. The van der Waals surface area contributed by atoms with Crippen LogP contribution in [0.25, 0.3) is 42.3 Å². The van der Waals surface area contributed by atoms with Gasteiger partial charge in [-0.2, -0.15) is 0 Å². The fourth-order valence-electron chi connectivity index (χ4n) is 4.76. The molecule has 1 aliphatic heterocycles. The SMILES string of the molecule is O=C(CCBr)Nc1ccc(-c2cccc3c(=O)cc(N4CCOCC4)oc23)c2sc3ccccc3c12. The molecule has 2 aromatic heterocycles. The van der Waals surface area contributed by atoms with Gasteiger partial charge in [-0.1, -0.05) is 52.3 Å².